The molecule has 96 valence electrons. The number of hydrogen-bond donors (Lipinski definition) is 1. The molecule has 0 aliphatic carbocycles. The third-order valence-corrected chi connectivity index (χ3v) is 2.92. The van der Waals surface area contributed by atoms with Crippen molar-refractivity contribution in [2.75, 3.05) is 5.73 Å². The second kappa shape index (κ2) is 4.01. The van der Waals surface area contributed by atoms with Crippen molar-refractivity contribution in [1.82, 2.24) is 14.5 Å². The fourth-order valence-corrected chi connectivity index (χ4v) is 2.01. The number of hydrogen-bond acceptors (Lipinski definition) is 3. The Hall–Kier alpha value is -2.50. The highest BCUT2D eigenvalue weighted by atomic mass is 19.1. The second-order valence-electron chi connectivity index (χ2n) is 4.20. The van der Waals surface area contributed by atoms with Gasteiger partial charge in [0, 0.05) is 12.3 Å². The van der Waals surface area contributed by atoms with E-state index in [1.165, 1.54) is 4.57 Å². The van der Waals surface area contributed by atoms with Gasteiger partial charge in [0.2, 0.25) is 5.95 Å². The van der Waals surface area contributed by atoms with E-state index in [2.05, 4.69) is 9.97 Å². The molecule has 0 aliphatic heterocycles. The van der Waals surface area contributed by atoms with E-state index in [0.717, 1.165) is 23.8 Å². The molecule has 3 rings (SSSR count). The van der Waals surface area contributed by atoms with Gasteiger partial charge in [-0.15, -0.1) is 0 Å². The Morgan fingerprint density at radius 1 is 1.21 bits per heavy atom. The minimum Gasteiger partial charge on any atom is -0.369 e. The summed E-state index contributed by atoms with van der Waals surface area (Å²) in [5, 5.41) is 0. The van der Waals surface area contributed by atoms with Gasteiger partial charge in [0.05, 0.1) is 5.69 Å². The number of pyridine rings is 1. The van der Waals surface area contributed by atoms with E-state index >= 15 is 0 Å². The zero-order valence-corrected chi connectivity index (χ0v) is 10.1. The van der Waals surface area contributed by atoms with E-state index < -0.39 is 11.6 Å². The third-order valence-electron chi connectivity index (χ3n) is 2.92. The highest BCUT2D eigenvalue weighted by molar-refractivity contribution is 5.79. The van der Waals surface area contributed by atoms with Gasteiger partial charge in [0.15, 0.2) is 5.65 Å². The average Bonchev–Trinajstić information content (AvgIpc) is 2.70. The third kappa shape index (κ3) is 1.72. The van der Waals surface area contributed by atoms with Gasteiger partial charge in [-0.1, -0.05) is 0 Å². The Labute approximate surface area is 107 Å². The van der Waals surface area contributed by atoms with E-state index in [9.17, 15) is 8.78 Å². The highest BCUT2D eigenvalue weighted by Crippen LogP contribution is 2.25. The molecule has 0 spiro atoms. The molecule has 0 saturated carbocycles. The number of aryl methyl sites for hydroxylation is 1. The Kier molecular flexibility index (Phi) is 2.45. The van der Waals surface area contributed by atoms with Gasteiger partial charge < -0.3 is 5.73 Å². The zero-order chi connectivity index (χ0) is 13.6. The number of aromatic nitrogens is 3. The lowest BCUT2D eigenvalue weighted by molar-refractivity contribution is 0.594. The number of imidazole rings is 1. The largest absolute Gasteiger partial charge is 0.369 e. The monoisotopic (exact) mass is 260 g/mol. The van der Waals surface area contributed by atoms with Crippen molar-refractivity contribution in [3.8, 4) is 5.69 Å². The summed E-state index contributed by atoms with van der Waals surface area (Å²) in [6, 6.07) is 4.94. The van der Waals surface area contributed by atoms with Crippen LogP contribution < -0.4 is 5.73 Å². The van der Waals surface area contributed by atoms with Crippen LogP contribution in [0.1, 0.15) is 5.56 Å². The fraction of sp³-hybridized carbons (Fsp3) is 0.0769. The van der Waals surface area contributed by atoms with Gasteiger partial charge in [0.1, 0.15) is 17.2 Å². The molecular formula is C13H10F2N4. The molecule has 0 fully saturated rings. The summed E-state index contributed by atoms with van der Waals surface area (Å²) in [7, 11) is 0. The molecule has 0 aliphatic rings. The van der Waals surface area contributed by atoms with Crippen molar-refractivity contribution < 1.29 is 8.78 Å². The van der Waals surface area contributed by atoms with Gasteiger partial charge in [-0.2, -0.15) is 0 Å². The summed E-state index contributed by atoms with van der Waals surface area (Å²) in [5.41, 5.74) is 7.64. The molecule has 0 saturated heterocycles. The van der Waals surface area contributed by atoms with Crippen molar-refractivity contribution in [3.05, 3.63) is 47.7 Å². The Morgan fingerprint density at radius 2 is 2.00 bits per heavy atom. The highest BCUT2D eigenvalue weighted by Gasteiger charge is 2.16. The molecule has 3 aromatic rings. The van der Waals surface area contributed by atoms with E-state index in [1.807, 2.05) is 6.92 Å². The smallest absolute Gasteiger partial charge is 0.207 e. The normalized spacial score (nSPS) is 11.1. The number of fused-ring (bicyclic) bond motifs is 1. The quantitative estimate of drug-likeness (QED) is 0.731. The van der Waals surface area contributed by atoms with Gasteiger partial charge in [-0.3, -0.25) is 4.57 Å². The number of halogens is 2. The molecule has 19 heavy (non-hydrogen) atoms. The van der Waals surface area contributed by atoms with Crippen molar-refractivity contribution in [2.24, 2.45) is 0 Å². The molecule has 4 nitrogen and oxygen atoms in total. The number of nitrogens with two attached hydrogens (primary N) is 1. The van der Waals surface area contributed by atoms with Crippen LogP contribution in [0.25, 0.3) is 16.9 Å². The maximum absolute atomic E-state index is 13.8. The van der Waals surface area contributed by atoms with Crippen LogP contribution >= 0.6 is 0 Å². The lowest BCUT2D eigenvalue weighted by Crippen LogP contribution is -2.04. The molecule has 2 heterocycles. The first-order chi connectivity index (χ1) is 9.08. The topological polar surface area (TPSA) is 56.7 Å². The Balaban J connectivity index is 2.39. The molecule has 2 aromatic heterocycles. The van der Waals surface area contributed by atoms with E-state index in [1.54, 1.807) is 12.3 Å². The van der Waals surface area contributed by atoms with Gasteiger partial charge >= 0.3 is 0 Å². The van der Waals surface area contributed by atoms with Crippen LogP contribution in [-0.4, -0.2) is 14.5 Å². The molecule has 0 amide bonds. The minimum absolute atomic E-state index is 0.00176. The molecule has 2 N–H and O–H groups in total. The number of nitrogens with zero attached hydrogens (tertiary/aromatic N) is 3. The van der Waals surface area contributed by atoms with Crippen LogP contribution in [0.2, 0.25) is 0 Å². The van der Waals surface area contributed by atoms with Crippen LogP contribution in [0.5, 0.6) is 0 Å². The van der Waals surface area contributed by atoms with E-state index in [0.29, 0.717) is 11.2 Å². The van der Waals surface area contributed by atoms with Crippen LogP contribution in [0.4, 0.5) is 14.7 Å². The summed E-state index contributed by atoms with van der Waals surface area (Å²) in [5.74, 6) is -1.07. The fourth-order valence-electron chi connectivity index (χ4n) is 2.01. The van der Waals surface area contributed by atoms with Gasteiger partial charge in [-0.05, 0) is 30.7 Å². The molecule has 0 radical (unpaired) electrons. The van der Waals surface area contributed by atoms with Crippen molar-refractivity contribution >= 4 is 17.1 Å². The summed E-state index contributed by atoms with van der Waals surface area (Å²) in [4.78, 5) is 8.29. The van der Waals surface area contributed by atoms with Crippen molar-refractivity contribution in [3.63, 3.8) is 0 Å². The minimum atomic E-state index is -0.587. The van der Waals surface area contributed by atoms with Crippen LogP contribution in [0.3, 0.4) is 0 Å². The van der Waals surface area contributed by atoms with E-state index in [4.69, 9.17) is 5.73 Å². The lowest BCUT2D eigenvalue weighted by atomic mass is 10.2. The maximum atomic E-state index is 13.8. The summed E-state index contributed by atoms with van der Waals surface area (Å²) in [6.45, 7) is 1.85. The summed E-state index contributed by atoms with van der Waals surface area (Å²) < 4.78 is 28.4. The maximum Gasteiger partial charge on any atom is 0.207 e. The Morgan fingerprint density at radius 3 is 2.79 bits per heavy atom. The van der Waals surface area contributed by atoms with E-state index in [-0.39, 0.29) is 11.6 Å². The average molecular weight is 260 g/mol. The number of benzene rings is 1. The van der Waals surface area contributed by atoms with Crippen LogP contribution in [0, 0.1) is 18.6 Å². The van der Waals surface area contributed by atoms with Crippen LogP contribution in [-0.2, 0) is 0 Å². The molecule has 0 unspecified atom stereocenters. The molecule has 6 heteroatoms. The standard InChI is InChI=1S/C13H10F2N4/c1-7-4-5-17-12-11(7)18-13(16)19(12)10-6-8(14)2-3-9(10)15/h2-6H,1H3,(H2,16,18). The predicted octanol–water partition coefficient (Wildman–Crippen LogP) is 2.59. The SMILES string of the molecule is Cc1ccnc2c1nc(N)n2-c1cc(F)ccc1F. The molecule has 1 aromatic carbocycles. The summed E-state index contributed by atoms with van der Waals surface area (Å²) in [6.07, 6.45) is 1.58. The lowest BCUT2D eigenvalue weighted by Gasteiger charge is -2.07. The van der Waals surface area contributed by atoms with Crippen LogP contribution in [0.15, 0.2) is 30.5 Å². The van der Waals surface area contributed by atoms with Crippen molar-refractivity contribution in [2.45, 2.75) is 6.92 Å². The van der Waals surface area contributed by atoms with Gasteiger partial charge in [-0.25, -0.2) is 18.7 Å². The van der Waals surface area contributed by atoms with Gasteiger partial charge in [0.25, 0.3) is 0 Å². The molecule has 0 bridgehead atoms. The molecular weight excluding hydrogens is 250 g/mol. The Bertz CT molecular complexity index is 780. The predicted molar refractivity (Wildman–Crippen MR) is 67.9 cm³/mol. The number of rotatable bonds is 1. The summed E-state index contributed by atoms with van der Waals surface area (Å²) >= 11 is 0. The first-order valence-electron chi connectivity index (χ1n) is 5.63. The first-order valence-corrected chi connectivity index (χ1v) is 5.63. The zero-order valence-electron chi connectivity index (χ0n) is 10.1. The number of anilines is 1. The number of nitrogen functional groups attached to an aromatic ring is 1. The molecule has 0 atom stereocenters. The second-order valence-corrected chi connectivity index (χ2v) is 4.20. The first kappa shape index (κ1) is 11.6. The van der Waals surface area contributed by atoms with Crippen molar-refractivity contribution in [1.29, 1.82) is 0 Å².